The largest absolute Gasteiger partial charge is 0.348 e. The van der Waals surface area contributed by atoms with E-state index in [1.807, 2.05) is 0 Å². The van der Waals surface area contributed by atoms with E-state index < -0.39 is 0 Å². The number of fused-ring (bicyclic) bond motifs is 1. The van der Waals surface area contributed by atoms with Crippen LogP contribution in [0, 0.1) is 13.8 Å². The molecule has 1 heterocycles. The summed E-state index contributed by atoms with van der Waals surface area (Å²) in [7, 11) is 0. The topological polar surface area (TPSA) is 29.0 Å². The second kappa shape index (κ2) is 8.04. The van der Waals surface area contributed by atoms with E-state index in [4.69, 9.17) is 10.2 Å². The van der Waals surface area contributed by atoms with Gasteiger partial charge in [-0.15, -0.1) is 10.2 Å². The van der Waals surface area contributed by atoms with Crippen LogP contribution >= 0.6 is 0 Å². The van der Waals surface area contributed by atoms with Crippen LogP contribution in [0.4, 0.5) is 5.82 Å². The third-order valence-corrected chi connectivity index (χ3v) is 5.48. The van der Waals surface area contributed by atoms with Crippen molar-refractivity contribution in [1.82, 2.24) is 10.2 Å². The Bertz CT molecular complexity index is 1110. The summed E-state index contributed by atoms with van der Waals surface area (Å²) < 4.78 is 0. The Kier molecular flexibility index (Phi) is 5.30. The van der Waals surface area contributed by atoms with Crippen molar-refractivity contribution in [1.29, 1.82) is 0 Å². The Hall–Kier alpha value is -3.20. The van der Waals surface area contributed by atoms with Crippen molar-refractivity contribution in [3.8, 4) is 11.3 Å². The summed E-state index contributed by atoms with van der Waals surface area (Å²) in [5.74, 6) is 0.939. The molecule has 4 rings (SSSR count). The van der Waals surface area contributed by atoms with Crippen molar-refractivity contribution in [2.24, 2.45) is 0 Å². The van der Waals surface area contributed by atoms with Gasteiger partial charge in [-0.3, -0.25) is 0 Å². The molecule has 0 spiro atoms. The van der Waals surface area contributed by atoms with Crippen LogP contribution in [-0.2, 0) is 6.54 Å². The quantitative estimate of drug-likeness (QED) is 0.404. The lowest BCUT2D eigenvalue weighted by molar-refractivity contribution is 0.670. The smallest absolute Gasteiger partial charge is 0.159 e. The van der Waals surface area contributed by atoms with Gasteiger partial charge in [0.1, 0.15) is 5.69 Å². The maximum absolute atomic E-state index is 4.76. The van der Waals surface area contributed by atoms with Gasteiger partial charge in [0.05, 0.1) is 0 Å². The average Bonchev–Trinajstić information content (AvgIpc) is 2.73. The molecule has 0 aliphatic rings. The third-order valence-electron chi connectivity index (χ3n) is 5.48. The molecule has 0 aliphatic heterocycles. The first-order chi connectivity index (χ1) is 14.1. The lowest BCUT2D eigenvalue weighted by Gasteiger charge is -2.29. The molecular weight excluding hydrogens is 354 g/mol. The van der Waals surface area contributed by atoms with Gasteiger partial charge < -0.3 is 4.90 Å². The van der Waals surface area contributed by atoms with Crippen LogP contribution in [0.5, 0.6) is 0 Å². The van der Waals surface area contributed by atoms with Gasteiger partial charge in [-0.05, 0) is 44.4 Å². The molecule has 0 unspecified atom stereocenters. The number of nitrogens with zero attached hydrogens (tertiary/aromatic N) is 3. The molecular formula is C26H27N3. The number of aromatic nitrogens is 2. The second-order valence-electron chi connectivity index (χ2n) is 7.89. The minimum absolute atomic E-state index is 0.305. The highest BCUT2D eigenvalue weighted by Gasteiger charge is 2.20. The highest BCUT2D eigenvalue weighted by molar-refractivity contribution is 6.01. The molecule has 0 saturated heterocycles. The molecule has 3 heteroatoms. The minimum atomic E-state index is 0.305. The van der Waals surface area contributed by atoms with Crippen LogP contribution in [0.2, 0.25) is 0 Å². The summed E-state index contributed by atoms with van der Waals surface area (Å²) in [4.78, 5) is 2.33. The minimum Gasteiger partial charge on any atom is -0.348 e. The summed E-state index contributed by atoms with van der Waals surface area (Å²) in [6, 6.07) is 25.7. The van der Waals surface area contributed by atoms with E-state index in [0.717, 1.165) is 28.8 Å². The summed E-state index contributed by atoms with van der Waals surface area (Å²) in [6.45, 7) is 9.50. The highest BCUT2D eigenvalue weighted by atomic mass is 15.3. The number of hydrogen-bond acceptors (Lipinski definition) is 3. The van der Waals surface area contributed by atoms with Gasteiger partial charge in [-0.25, -0.2) is 0 Å². The maximum atomic E-state index is 4.76. The SMILES string of the molecule is Cc1cccc(C)c1-c1nnc(N(Cc2ccccc2)C(C)C)c2ccccc12. The first kappa shape index (κ1) is 19.1. The predicted molar refractivity (Wildman–Crippen MR) is 122 cm³/mol. The molecule has 0 atom stereocenters. The molecule has 1 aromatic heterocycles. The van der Waals surface area contributed by atoms with Crippen LogP contribution in [0.25, 0.3) is 22.0 Å². The number of aryl methyl sites for hydroxylation is 2. The average molecular weight is 382 g/mol. The number of hydrogen-bond donors (Lipinski definition) is 0. The van der Waals surface area contributed by atoms with E-state index in [1.54, 1.807) is 0 Å². The van der Waals surface area contributed by atoms with Gasteiger partial charge in [0.2, 0.25) is 0 Å². The van der Waals surface area contributed by atoms with Crippen molar-refractivity contribution in [2.45, 2.75) is 40.3 Å². The van der Waals surface area contributed by atoms with E-state index in [2.05, 4.69) is 105 Å². The fourth-order valence-electron chi connectivity index (χ4n) is 3.96. The monoisotopic (exact) mass is 381 g/mol. The van der Waals surface area contributed by atoms with Crippen molar-refractivity contribution in [3.63, 3.8) is 0 Å². The van der Waals surface area contributed by atoms with Crippen molar-refractivity contribution < 1.29 is 0 Å². The van der Waals surface area contributed by atoms with Crippen LogP contribution in [0.3, 0.4) is 0 Å². The number of benzene rings is 3. The zero-order chi connectivity index (χ0) is 20.4. The number of rotatable bonds is 5. The summed E-state index contributed by atoms with van der Waals surface area (Å²) in [5, 5.41) is 11.8. The first-order valence-electron chi connectivity index (χ1n) is 10.2. The first-order valence-corrected chi connectivity index (χ1v) is 10.2. The Morgan fingerprint density at radius 2 is 1.34 bits per heavy atom. The van der Waals surface area contributed by atoms with E-state index in [-0.39, 0.29) is 0 Å². The lowest BCUT2D eigenvalue weighted by Crippen LogP contribution is -2.31. The van der Waals surface area contributed by atoms with Crippen LogP contribution in [0.15, 0.2) is 72.8 Å². The van der Waals surface area contributed by atoms with E-state index in [1.165, 1.54) is 22.3 Å². The summed E-state index contributed by atoms with van der Waals surface area (Å²) in [5.41, 5.74) is 5.86. The Balaban J connectivity index is 1.89. The van der Waals surface area contributed by atoms with Crippen molar-refractivity contribution >= 4 is 16.6 Å². The molecule has 29 heavy (non-hydrogen) atoms. The second-order valence-corrected chi connectivity index (χ2v) is 7.89. The van der Waals surface area contributed by atoms with Gasteiger partial charge in [0.15, 0.2) is 5.82 Å². The fourth-order valence-corrected chi connectivity index (χ4v) is 3.96. The number of anilines is 1. The highest BCUT2D eigenvalue weighted by Crippen LogP contribution is 2.35. The van der Waals surface area contributed by atoms with Gasteiger partial charge in [0.25, 0.3) is 0 Å². The van der Waals surface area contributed by atoms with Gasteiger partial charge >= 0.3 is 0 Å². The summed E-state index contributed by atoms with van der Waals surface area (Å²) in [6.07, 6.45) is 0. The molecule has 0 bridgehead atoms. The maximum Gasteiger partial charge on any atom is 0.159 e. The zero-order valence-corrected chi connectivity index (χ0v) is 17.6. The molecule has 0 aliphatic carbocycles. The molecule has 0 N–H and O–H groups in total. The Morgan fingerprint density at radius 3 is 2.00 bits per heavy atom. The molecule has 0 saturated carbocycles. The Labute approximate surface area is 173 Å². The van der Waals surface area contributed by atoms with E-state index >= 15 is 0 Å². The normalized spacial score (nSPS) is 11.2. The predicted octanol–water partition coefficient (Wildman–Crippen LogP) is 6.33. The van der Waals surface area contributed by atoms with Crippen LogP contribution in [0.1, 0.15) is 30.5 Å². The molecule has 3 aromatic carbocycles. The molecule has 0 amide bonds. The molecule has 4 aromatic rings. The van der Waals surface area contributed by atoms with E-state index in [9.17, 15) is 0 Å². The molecule has 0 fully saturated rings. The van der Waals surface area contributed by atoms with Gasteiger partial charge in [-0.1, -0.05) is 72.8 Å². The van der Waals surface area contributed by atoms with Crippen molar-refractivity contribution in [3.05, 3.63) is 89.5 Å². The third kappa shape index (κ3) is 3.73. The van der Waals surface area contributed by atoms with Crippen LogP contribution in [-0.4, -0.2) is 16.2 Å². The van der Waals surface area contributed by atoms with Gasteiger partial charge in [-0.2, -0.15) is 0 Å². The molecule has 3 nitrogen and oxygen atoms in total. The molecule has 0 radical (unpaired) electrons. The van der Waals surface area contributed by atoms with Crippen molar-refractivity contribution in [2.75, 3.05) is 4.90 Å². The Morgan fingerprint density at radius 1 is 0.724 bits per heavy atom. The fraction of sp³-hybridized carbons (Fsp3) is 0.231. The lowest BCUT2D eigenvalue weighted by atomic mass is 9.96. The summed E-state index contributed by atoms with van der Waals surface area (Å²) >= 11 is 0. The zero-order valence-electron chi connectivity index (χ0n) is 17.6. The standard InChI is InChI=1S/C26H27N3/c1-18(2)29(17-21-13-6-5-7-14-21)26-23-16-9-8-15-22(23)25(27-28-26)24-19(3)11-10-12-20(24)4/h5-16,18H,17H2,1-4H3. The van der Waals surface area contributed by atoms with E-state index in [0.29, 0.717) is 6.04 Å². The van der Waals surface area contributed by atoms with Gasteiger partial charge in [0, 0.05) is 28.9 Å². The molecule has 146 valence electrons. The van der Waals surface area contributed by atoms with Crippen LogP contribution < -0.4 is 4.90 Å².